The number of nitrogens with zero attached hydrogens (tertiary/aromatic N) is 4. The number of hydrogen-bond donors (Lipinski definition) is 2. The second kappa shape index (κ2) is 11.9. The molecule has 0 unspecified atom stereocenters. The van der Waals surface area contributed by atoms with Crippen molar-refractivity contribution in [3.63, 3.8) is 0 Å². The Balaban J connectivity index is 1.56. The maximum atomic E-state index is 6.17. The first kappa shape index (κ1) is 22.5. The lowest BCUT2D eigenvalue weighted by atomic mass is 10.1. The molecule has 0 radical (unpaired) electrons. The molecule has 7 heteroatoms. The van der Waals surface area contributed by atoms with Gasteiger partial charge in [-0.15, -0.1) is 0 Å². The lowest BCUT2D eigenvalue weighted by molar-refractivity contribution is 0.544. The molecule has 2 aromatic heterocycles. The minimum absolute atomic E-state index is 0.414. The van der Waals surface area contributed by atoms with Crippen LogP contribution in [0.2, 0.25) is 0 Å². The lowest BCUT2D eigenvalue weighted by Crippen LogP contribution is -2.10. The first-order valence-corrected chi connectivity index (χ1v) is 12.0. The molecule has 3 rings (SSSR count). The van der Waals surface area contributed by atoms with Crippen molar-refractivity contribution >= 4 is 38.9 Å². The number of unbranched alkanes of at least 4 members (excludes halogenated alkanes) is 7. The molecule has 6 nitrogen and oxygen atoms in total. The maximum Gasteiger partial charge on any atom is 0.226 e. The van der Waals surface area contributed by atoms with E-state index in [1.54, 1.807) is 0 Å². The van der Waals surface area contributed by atoms with Crippen LogP contribution in [0.15, 0.2) is 35.1 Å². The Morgan fingerprint density at radius 1 is 0.933 bits per heavy atom. The Bertz CT molecular complexity index is 909. The van der Waals surface area contributed by atoms with Crippen LogP contribution in [0, 0.1) is 0 Å². The highest BCUT2D eigenvalue weighted by molar-refractivity contribution is 9.10. The fourth-order valence-electron chi connectivity index (χ4n) is 3.64. The van der Waals surface area contributed by atoms with Crippen LogP contribution in [-0.4, -0.2) is 26.1 Å². The minimum Gasteiger partial charge on any atom is -0.382 e. The maximum absolute atomic E-state index is 6.17. The molecule has 1 aromatic carbocycles. The van der Waals surface area contributed by atoms with Gasteiger partial charge in [0.05, 0.1) is 0 Å². The zero-order valence-electron chi connectivity index (χ0n) is 17.9. The third kappa shape index (κ3) is 6.42. The van der Waals surface area contributed by atoms with Gasteiger partial charge in [-0.25, -0.2) is 4.98 Å². The molecule has 2 heterocycles. The molecule has 0 bridgehead atoms. The Hall–Kier alpha value is -2.15. The number of nitrogens with two attached hydrogens (primary N) is 1. The molecule has 0 aliphatic carbocycles. The van der Waals surface area contributed by atoms with Crippen molar-refractivity contribution in [2.45, 2.75) is 71.3 Å². The largest absolute Gasteiger partial charge is 0.382 e. The number of nitrogen functional groups attached to an aromatic ring is 1. The monoisotopic (exact) mass is 472 g/mol. The van der Waals surface area contributed by atoms with Gasteiger partial charge in [-0.1, -0.05) is 82.2 Å². The minimum atomic E-state index is 0.414. The van der Waals surface area contributed by atoms with E-state index < -0.39 is 0 Å². The summed E-state index contributed by atoms with van der Waals surface area (Å²) < 4.78 is 2.87. The lowest BCUT2D eigenvalue weighted by Gasteiger charge is -2.08. The van der Waals surface area contributed by atoms with Gasteiger partial charge in [0, 0.05) is 13.1 Å². The third-order valence-corrected chi connectivity index (χ3v) is 5.96. The van der Waals surface area contributed by atoms with E-state index in [-0.39, 0.29) is 0 Å². The second-order valence-electron chi connectivity index (χ2n) is 7.77. The number of aromatic nitrogens is 4. The van der Waals surface area contributed by atoms with Crippen molar-refractivity contribution in [1.29, 1.82) is 0 Å². The van der Waals surface area contributed by atoms with E-state index in [2.05, 4.69) is 67.0 Å². The summed E-state index contributed by atoms with van der Waals surface area (Å²) in [5, 5.41) is 3.30. The van der Waals surface area contributed by atoms with E-state index in [0.29, 0.717) is 17.3 Å². The molecule has 162 valence electrons. The molecule has 30 heavy (non-hydrogen) atoms. The summed E-state index contributed by atoms with van der Waals surface area (Å²) in [5.41, 5.74) is 8.90. The zero-order valence-corrected chi connectivity index (χ0v) is 19.5. The van der Waals surface area contributed by atoms with Crippen molar-refractivity contribution in [2.24, 2.45) is 0 Å². The highest BCUT2D eigenvalue weighted by Gasteiger charge is 2.15. The molecule has 0 aliphatic heterocycles. The number of rotatable bonds is 13. The van der Waals surface area contributed by atoms with Crippen molar-refractivity contribution < 1.29 is 0 Å². The SMILES string of the molecule is CCCCCCCCCCn1c(Br)nc2c(N)nc(NCCc3ccccc3)nc21. The molecule has 0 saturated carbocycles. The molecule has 0 aliphatic rings. The number of nitrogens with one attached hydrogen (secondary N) is 1. The summed E-state index contributed by atoms with van der Waals surface area (Å²) in [6, 6.07) is 10.4. The average molecular weight is 473 g/mol. The van der Waals surface area contributed by atoms with Crippen LogP contribution in [-0.2, 0) is 13.0 Å². The molecular formula is C23H33BrN6. The molecular weight excluding hydrogens is 440 g/mol. The van der Waals surface area contributed by atoms with Crippen LogP contribution in [0.5, 0.6) is 0 Å². The summed E-state index contributed by atoms with van der Waals surface area (Å²) in [5.74, 6) is 0.970. The van der Waals surface area contributed by atoms with Gasteiger partial charge in [-0.2, -0.15) is 9.97 Å². The number of fused-ring (bicyclic) bond motifs is 1. The molecule has 3 aromatic rings. The Kier molecular flexibility index (Phi) is 8.93. The smallest absolute Gasteiger partial charge is 0.226 e. The Labute approximate surface area is 187 Å². The van der Waals surface area contributed by atoms with Crippen LogP contribution >= 0.6 is 15.9 Å². The molecule has 0 spiro atoms. The average Bonchev–Trinajstić information content (AvgIpc) is 3.07. The number of benzene rings is 1. The van der Waals surface area contributed by atoms with E-state index in [9.17, 15) is 0 Å². The number of imidazole rings is 1. The van der Waals surface area contributed by atoms with Gasteiger partial charge in [0.2, 0.25) is 5.95 Å². The molecule has 0 amide bonds. The molecule has 0 fully saturated rings. The topological polar surface area (TPSA) is 81.7 Å². The van der Waals surface area contributed by atoms with E-state index in [0.717, 1.165) is 36.3 Å². The Morgan fingerprint density at radius 2 is 1.63 bits per heavy atom. The fourth-order valence-corrected chi connectivity index (χ4v) is 4.16. The zero-order chi connectivity index (χ0) is 21.2. The standard InChI is InChI=1S/C23H33BrN6/c1-2-3-4-5-6-7-8-12-17-30-21-19(27-22(30)24)20(25)28-23(29-21)26-16-15-18-13-10-9-11-14-18/h9-11,13-14H,2-8,12,15-17H2,1H3,(H3,25,26,28,29). The van der Waals surface area contributed by atoms with Crippen molar-refractivity contribution in [3.8, 4) is 0 Å². The second-order valence-corrected chi connectivity index (χ2v) is 8.48. The van der Waals surface area contributed by atoms with Gasteiger partial charge in [0.15, 0.2) is 21.7 Å². The predicted octanol–water partition coefficient (Wildman–Crippen LogP) is 5.97. The quantitative estimate of drug-likeness (QED) is 0.236. The van der Waals surface area contributed by atoms with Crippen molar-refractivity contribution in [3.05, 3.63) is 40.6 Å². The molecule has 3 N–H and O–H groups in total. The summed E-state index contributed by atoms with van der Waals surface area (Å²) in [7, 11) is 0. The number of anilines is 2. The van der Waals surface area contributed by atoms with Crippen LogP contribution in [0.4, 0.5) is 11.8 Å². The van der Waals surface area contributed by atoms with Gasteiger partial charge in [0.25, 0.3) is 0 Å². The van der Waals surface area contributed by atoms with E-state index in [1.807, 2.05) is 6.07 Å². The molecule has 0 atom stereocenters. The van der Waals surface area contributed by atoms with Crippen LogP contribution < -0.4 is 11.1 Å². The number of halogens is 1. The van der Waals surface area contributed by atoms with E-state index in [4.69, 9.17) is 10.7 Å². The summed E-state index contributed by atoms with van der Waals surface area (Å²) in [6.07, 6.45) is 11.2. The highest BCUT2D eigenvalue weighted by atomic mass is 79.9. The predicted molar refractivity (Wildman–Crippen MR) is 129 cm³/mol. The summed E-state index contributed by atoms with van der Waals surface area (Å²) in [4.78, 5) is 13.6. The van der Waals surface area contributed by atoms with Crippen LogP contribution in [0.25, 0.3) is 11.2 Å². The van der Waals surface area contributed by atoms with Gasteiger partial charge < -0.3 is 15.6 Å². The van der Waals surface area contributed by atoms with Crippen molar-refractivity contribution in [2.75, 3.05) is 17.6 Å². The van der Waals surface area contributed by atoms with Crippen LogP contribution in [0.1, 0.15) is 63.9 Å². The third-order valence-electron chi connectivity index (χ3n) is 5.35. The summed E-state index contributed by atoms with van der Waals surface area (Å²) >= 11 is 3.57. The van der Waals surface area contributed by atoms with Crippen molar-refractivity contribution in [1.82, 2.24) is 19.5 Å². The van der Waals surface area contributed by atoms with Gasteiger partial charge in [-0.05, 0) is 34.3 Å². The van der Waals surface area contributed by atoms with Gasteiger partial charge in [0.1, 0.15) is 0 Å². The highest BCUT2D eigenvalue weighted by Crippen LogP contribution is 2.24. The first-order valence-electron chi connectivity index (χ1n) is 11.2. The summed E-state index contributed by atoms with van der Waals surface area (Å²) in [6.45, 7) is 3.89. The number of aryl methyl sites for hydroxylation is 1. The van der Waals surface area contributed by atoms with Gasteiger partial charge in [-0.3, -0.25) is 0 Å². The van der Waals surface area contributed by atoms with Gasteiger partial charge >= 0.3 is 0 Å². The van der Waals surface area contributed by atoms with E-state index >= 15 is 0 Å². The number of hydrogen-bond acceptors (Lipinski definition) is 5. The van der Waals surface area contributed by atoms with E-state index in [1.165, 1.54) is 50.5 Å². The fraction of sp³-hybridized carbons (Fsp3) is 0.522. The van der Waals surface area contributed by atoms with Crippen LogP contribution in [0.3, 0.4) is 0 Å². The Morgan fingerprint density at radius 3 is 2.37 bits per heavy atom. The first-order chi connectivity index (χ1) is 14.7. The molecule has 0 saturated heterocycles. The normalized spacial score (nSPS) is 11.3.